The third-order valence-electron chi connectivity index (χ3n) is 4.71. The van der Waals surface area contributed by atoms with Crippen LogP contribution >= 0.6 is 24.0 Å². The van der Waals surface area contributed by atoms with E-state index in [0.29, 0.717) is 12.1 Å². The van der Waals surface area contributed by atoms with Crippen LogP contribution in [0.3, 0.4) is 0 Å². The van der Waals surface area contributed by atoms with E-state index >= 15 is 0 Å². The van der Waals surface area contributed by atoms with E-state index in [1.54, 1.807) is 26.0 Å². The zero-order chi connectivity index (χ0) is 21.4. The number of aromatic nitrogens is 2. The predicted molar refractivity (Wildman–Crippen MR) is 133 cm³/mol. The van der Waals surface area contributed by atoms with Crippen LogP contribution in [0, 0.1) is 0 Å². The lowest BCUT2D eigenvalue weighted by atomic mass is 10.1. The SMILES string of the molecule is CN=C(NCCc1cccc(C(=O)N(C)C)c1)NCC(c1cnn(C)c1)N(C)C.I. The first-order chi connectivity index (χ1) is 13.8. The number of guanidine groups is 1. The molecule has 0 saturated carbocycles. The number of rotatable bonds is 8. The van der Waals surface area contributed by atoms with E-state index < -0.39 is 0 Å². The molecule has 0 radical (unpaired) electrons. The van der Waals surface area contributed by atoms with Crippen LogP contribution in [0.2, 0.25) is 0 Å². The van der Waals surface area contributed by atoms with Gasteiger partial charge in [0, 0.05) is 58.6 Å². The molecule has 9 heteroatoms. The Hall–Kier alpha value is -2.14. The summed E-state index contributed by atoms with van der Waals surface area (Å²) in [4.78, 5) is 20.2. The van der Waals surface area contributed by atoms with Crippen molar-refractivity contribution in [2.24, 2.45) is 12.0 Å². The number of aryl methyl sites for hydroxylation is 1. The van der Waals surface area contributed by atoms with Gasteiger partial charge in [-0.1, -0.05) is 12.1 Å². The molecule has 30 heavy (non-hydrogen) atoms. The van der Waals surface area contributed by atoms with Gasteiger partial charge in [0.2, 0.25) is 0 Å². The second-order valence-corrected chi connectivity index (χ2v) is 7.46. The summed E-state index contributed by atoms with van der Waals surface area (Å²) in [5.41, 5.74) is 2.98. The van der Waals surface area contributed by atoms with E-state index in [2.05, 4.69) is 39.7 Å². The summed E-state index contributed by atoms with van der Waals surface area (Å²) in [7, 11) is 11.3. The van der Waals surface area contributed by atoms with Crippen LogP contribution in [0.25, 0.3) is 0 Å². The molecule has 166 valence electrons. The highest BCUT2D eigenvalue weighted by atomic mass is 127. The van der Waals surface area contributed by atoms with E-state index in [9.17, 15) is 4.79 Å². The molecule has 0 fully saturated rings. The molecule has 1 aromatic carbocycles. The molecule has 0 saturated heterocycles. The monoisotopic (exact) mass is 527 g/mol. The van der Waals surface area contributed by atoms with Crippen molar-refractivity contribution >= 4 is 35.8 Å². The quantitative estimate of drug-likeness (QED) is 0.311. The first kappa shape index (κ1) is 25.9. The molecular formula is C21H34IN7O. The summed E-state index contributed by atoms with van der Waals surface area (Å²) in [6.07, 6.45) is 4.73. The Balaban J connectivity index is 0.00000450. The van der Waals surface area contributed by atoms with Gasteiger partial charge < -0.3 is 20.4 Å². The molecule has 0 aliphatic rings. The van der Waals surface area contributed by atoms with E-state index in [-0.39, 0.29) is 35.9 Å². The molecule has 8 nitrogen and oxygen atoms in total. The molecule has 2 rings (SSSR count). The summed E-state index contributed by atoms with van der Waals surface area (Å²) >= 11 is 0. The van der Waals surface area contributed by atoms with Crippen LogP contribution in [0.15, 0.2) is 41.7 Å². The molecule has 1 aromatic heterocycles. The molecule has 1 amide bonds. The van der Waals surface area contributed by atoms with Crippen molar-refractivity contribution in [2.45, 2.75) is 12.5 Å². The zero-order valence-electron chi connectivity index (χ0n) is 18.7. The van der Waals surface area contributed by atoms with Gasteiger partial charge >= 0.3 is 0 Å². The number of halogens is 1. The fraction of sp³-hybridized carbons (Fsp3) is 0.476. The summed E-state index contributed by atoms with van der Waals surface area (Å²) < 4.78 is 1.81. The zero-order valence-corrected chi connectivity index (χ0v) is 21.0. The number of aliphatic imine (C=N–C) groups is 1. The molecule has 1 unspecified atom stereocenters. The van der Waals surface area contributed by atoms with Crippen molar-refractivity contribution in [3.63, 3.8) is 0 Å². The number of hydrogen-bond donors (Lipinski definition) is 2. The molecule has 0 bridgehead atoms. The highest BCUT2D eigenvalue weighted by Crippen LogP contribution is 2.16. The summed E-state index contributed by atoms with van der Waals surface area (Å²) in [6.45, 7) is 1.43. The van der Waals surface area contributed by atoms with Gasteiger partial charge in [-0.25, -0.2) is 0 Å². The van der Waals surface area contributed by atoms with Gasteiger partial charge in [0.25, 0.3) is 5.91 Å². The minimum Gasteiger partial charge on any atom is -0.356 e. The number of hydrogen-bond acceptors (Lipinski definition) is 4. The van der Waals surface area contributed by atoms with Crippen LogP contribution in [-0.2, 0) is 13.5 Å². The Bertz CT molecular complexity index is 832. The van der Waals surface area contributed by atoms with Crippen molar-refractivity contribution < 1.29 is 4.79 Å². The van der Waals surface area contributed by atoms with Gasteiger partial charge in [0.05, 0.1) is 12.2 Å². The molecule has 0 aliphatic carbocycles. The average molecular weight is 527 g/mol. The lowest BCUT2D eigenvalue weighted by Gasteiger charge is -2.24. The van der Waals surface area contributed by atoms with Crippen molar-refractivity contribution in [1.29, 1.82) is 0 Å². The maximum atomic E-state index is 12.1. The second kappa shape index (κ2) is 12.5. The molecule has 0 spiro atoms. The number of nitrogens with zero attached hydrogens (tertiary/aromatic N) is 5. The van der Waals surface area contributed by atoms with Gasteiger partial charge in [0.1, 0.15) is 0 Å². The average Bonchev–Trinajstić information content (AvgIpc) is 3.11. The topological polar surface area (TPSA) is 77.8 Å². The van der Waals surface area contributed by atoms with E-state index in [0.717, 1.165) is 30.1 Å². The molecule has 1 atom stereocenters. The Morgan fingerprint density at radius 2 is 1.97 bits per heavy atom. The van der Waals surface area contributed by atoms with Gasteiger partial charge in [-0.15, -0.1) is 24.0 Å². The summed E-state index contributed by atoms with van der Waals surface area (Å²) in [6, 6.07) is 7.95. The van der Waals surface area contributed by atoms with Gasteiger partial charge in [-0.2, -0.15) is 5.10 Å². The predicted octanol–water partition coefficient (Wildman–Crippen LogP) is 1.75. The minimum atomic E-state index is 0. The normalized spacial score (nSPS) is 12.3. The van der Waals surface area contributed by atoms with E-state index in [1.807, 2.05) is 48.4 Å². The lowest BCUT2D eigenvalue weighted by molar-refractivity contribution is 0.0827. The number of likely N-dealkylation sites (N-methyl/N-ethyl adjacent to an activating group) is 1. The maximum absolute atomic E-state index is 12.1. The van der Waals surface area contributed by atoms with Crippen molar-refractivity contribution in [3.05, 3.63) is 53.3 Å². The minimum absolute atomic E-state index is 0. The molecular weight excluding hydrogens is 493 g/mol. The summed E-state index contributed by atoms with van der Waals surface area (Å²) in [5, 5.41) is 11.0. The van der Waals surface area contributed by atoms with Crippen LogP contribution < -0.4 is 10.6 Å². The van der Waals surface area contributed by atoms with E-state index in [4.69, 9.17) is 0 Å². The largest absolute Gasteiger partial charge is 0.356 e. The first-order valence-corrected chi connectivity index (χ1v) is 9.72. The third kappa shape index (κ3) is 7.60. The molecule has 0 aliphatic heterocycles. The fourth-order valence-electron chi connectivity index (χ4n) is 3.07. The number of benzene rings is 1. The van der Waals surface area contributed by atoms with Gasteiger partial charge in [-0.05, 0) is 38.2 Å². The summed E-state index contributed by atoms with van der Waals surface area (Å²) in [5.74, 6) is 0.767. The lowest BCUT2D eigenvalue weighted by Crippen LogP contribution is -2.42. The van der Waals surface area contributed by atoms with Crippen molar-refractivity contribution in [3.8, 4) is 0 Å². The standard InChI is InChI=1S/C21H33N7O.HI/c1-22-21(24-14-19(26(2)3)18-13-25-28(6)15-18)23-11-10-16-8-7-9-17(12-16)20(29)27(4)5;/h7-9,12-13,15,19H,10-11,14H2,1-6H3,(H2,22,23,24);1H. The smallest absolute Gasteiger partial charge is 0.253 e. The van der Waals surface area contributed by atoms with Crippen LogP contribution in [0.4, 0.5) is 0 Å². The first-order valence-electron chi connectivity index (χ1n) is 9.72. The van der Waals surface area contributed by atoms with Crippen molar-refractivity contribution in [2.75, 3.05) is 48.3 Å². The van der Waals surface area contributed by atoms with Crippen LogP contribution in [0.1, 0.15) is 27.5 Å². The van der Waals surface area contributed by atoms with Crippen LogP contribution in [0.5, 0.6) is 0 Å². The number of nitrogens with one attached hydrogen (secondary N) is 2. The van der Waals surface area contributed by atoms with E-state index in [1.165, 1.54) is 0 Å². The Labute approximate surface area is 196 Å². The Morgan fingerprint density at radius 3 is 2.53 bits per heavy atom. The Kier molecular flexibility index (Phi) is 10.8. The third-order valence-corrected chi connectivity index (χ3v) is 4.71. The fourth-order valence-corrected chi connectivity index (χ4v) is 3.07. The molecule has 1 heterocycles. The second-order valence-electron chi connectivity index (χ2n) is 7.46. The molecule has 2 N–H and O–H groups in total. The van der Waals surface area contributed by atoms with Crippen LogP contribution in [-0.4, -0.2) is 79.8 Å². The van der Waals surface area contributed by atoms with Gasteiger partial charge in [-0.3, -0.25) is 14.5 Å². The van der Waals surface area contributed by atoms with Crippen molar-refractivity contribution in [1.82, 2.24) is 30.2 Å². The van der Waals surface area contributed by atoms with Gasteiger partial charge in [0.15, 0.2) is 5.96 Å². The number of amides is 1. The number of carbonyl (C=O) groups is 1. The number of carbonyl (C=O) groups excluding carboxylic acids is 1. The highest BCUT2D eigenvalue weighted by molar-refractivity contribution is 14.0. The Morgan fingerprint density at radius 1 is 1.23 bits per heavy atom. The molecule has 2 aromatic rings. The highest BCUT2D eigenvalue weighted by Gasteiger charge is 2.16. The maximum Gasteiger partial charge on any atom is 0.253 e.